The van der Waals surface area contributed by atoms with Crippen LogP contribution >= 0.6 is 11.3 Å². The van der Waals surface area contributed by atoms with E-state index in [0.29, 0.717) is 0 Å². The van der Waals surface area contributed by atoms with E-state index >= 15 is 35.1 Å². The van der Waals surface area contributed by atoms with Gasteiger partial charge in [0.15, 0.2) is 76.4 Å². The van der Waals surface area contributed by atoms with E-state index in [4.69, 9.17) is 0 Å². The minimum absolute atomic E-state index is 0.960. The number of aromatic nitrogens is 1. The number of aryl methyl sites for hydroxylation is 1. The molecule has 7 aromatic rings. The summed E-state index contributed by atoms with van der Waals surface area (Å²) in [5.41, 5.74) is -7.84. The Bertz CT molecular complexity index is 2710. The van der Waals surface area contributed by atoms with Crippen molar-refractivity contribution < 1.29 is 92.4 Å². The highest BCUT2D eigenvalue weighted by atomic mass is 32.1. The third-order valence-corrected chi connectivity index (χ3v) is 12.3. The number of unbranched alkanes of at least 4 members (excludes halogenated alkanes) is 5. The third-order valence-electron chi connectivity index (χ3n) is 11.4. The van der Waals surface area contributed by atoms with Gasteiger partial charge < -0.3 is 0 Å². The zero-order chi connectivity index (χ0) is 51.0. The van der Waals surface area contributed by atoms with Gasteiger partial charge in [0.1, 0.15) is 57.4 Å². The second-order valence-corrected chi connectivity index (χ2v) is 16.3. The number of halogens is 20. The van der Waals surface area contributed by atoms with Gasteiger partial charge in [-0.05, 0) is 24.5 Å². The first-order valence-electron chi connectivity index (χ1n) is 20.2. The minimum Gasteiger partial charge on any atom is -0.207 e. The van der Waals surface area contributed by atoms with Crippen LogP contribution in [0.15, 0.2) is 54.0 Å². The first kappa shape index (κ1) is 52.3. The van der Waals surface area contributed by atoms with E-state index in [2.05, 4.69) is 65.5 Å². The van der Waals surface area contributed by atoms with Gasteiger partial charge in [0.2, 0.25) is 11.0 Å². The third kappa shape index (κ3) is 9.13. The lowest BCUT2D eigenvalue weighted by molar-refractivity contribution is -0.658. The van der Waals surface area contributed by atoms with Crippen LogP contribution in [0.1, 0.15) is 56.6 Å². The van der Waals surface area contributed by atoms with Gasteiger partial charge in [-0.2, -0.15) is 4.57 Å². The molecular formula is C46H28BF20NS. The van der Waals surface area contributed by atoms with Crippen molar-refractivity contribution in [2.24, 2.45) is 0 Å². The molecule has 0 amide bonds. The highest BCUT2D eigenvalue weighted by Crippen LogP contribution is 2.31. The van der Waals surface area contributed by atoms with Crippen LogP contribution in [-0.4, -0.2) is 6.15 Å². The molecule has 1 nitrogen and oxygen atoms in total. The SMILES string of the molecule is CCCCCCCCc1ccc2sc[n+](Cc3ccccc3)c2c1.Fc1c(F)c(F)c([B-](c2c(F)c(F)c(F)c(F)c2F)(c2c(F)c(F)c(F)c(F)c2F)c2c(F)c(F)c(F)c(F)c2F)c(F)c1F. The molecule has 0 fully saturated rings. The molecule has 0 aliphatic rings. The molecule has 1 aromatic heterocycles. The topological polar surface area (TPSA) is 3.88 Å². The summed E-state index contributed by atoms with van der Waals surface area (Å²) in [4.78, 5) is 0. The Morgan fingerprint density at radius 1 is 0.377 bits per heavy atom. The molecule has 1 heterocycles. The smallest absolute Gasteiger partial charge is 0.207 e. The van der Waals surface area contributed by atoms with Gasteiger partial charge in [0.05, 0.1) is 0 Å². The molecule has 0 saturated heterocycles. The summed E-state index contributed by atoms with van der Waals surface area (Å²) in [7, 11) is 0. The molecule has 0 radical (unpaired) electrons. The molecule has 7 rings (SSSR count). The van der Waals surface area contributed by atoms with Gasteiger partial charge in [-0.15, -0.1) is 21.9 Å². The minimum atomic E-state index is -7.22. The first-order chi connectivity index (χ1) is 32.6. The second-order valence-electron chi connectivity index (χ2n) is 15.5. The van der Waals surface area contributed by atoms with Crippen molar-refractivity contribution >= 4 is 49.6 Å². The first-order valence-corrected chi connectivity index (χ1v) is 21.1. The van der Waals surface area contributed by atoms with Crippen molar-refractivity contribution in [1.29, 1.82) is 0 Å². The zero-order valence-electron chi connectivity index (χ0n) is 34.8. The van der Waals surface area contributed by atoms with Crippen LogP contribution in [0.2, 0.25) is 0 Å². The second kappa shape index (κ2) is 20.8. The molecule has 0 saturated carbocycles. The largest absolute Gasteiger partial charge is 0.226 e. The highest BCUT2D eigenvalue weighted by Gasteiger charge is 2.52. The van der Waals surface area contributed by atoms with E-state index in [1.807, 2.05) is 11.3 Å². The fraction of sp³-hybridized carbons (Fsp3) is 0.196. The van der Waals surface area contributed by atoms with Gasteiger partial charge in [0, 0.05) is 11.6 Å². The lowest BCUT2D eigenvalue weighted by atomic mass is 9.12. The quantitative estimate of drug-likeness (QED) is 0.0271. The molecule has 23 heteroatoms. The lowest BCUT2D eigenvalue weighted by Gasteiger charge is -2.44. The zero-order valence-corrected chi connectivity index (χ0v) is 35.7. The number of thiazole rings is 1. The van der Waals surface area contributed by atoms with E-state index in [1.165, 1.54) is 66.3 Å². The van der Waals surface area contributed by atoms with Crippen molar-refractivity contribution in [3.8, 4) is 0 Å². The Labute approximate surface area is 381 Å². The van der Waals surface area contributed by atoms with Gasteiger partial charge in [0.25, 0.3) is 0 Å². The van der Waals surface area contributed by atoms with E-state index < -0.39 is 144 Å². The van der Waals surface area contributed by atoms with Crippen molar-refractivity contribution in [1.82, 2.24) is 0 Å². The summed E-state index contributed by atoms with van der Waals surface area (Å²) >= 11 is 1.84. The molecule has 0 atom stereocenters. The van der Waals surface area contributed by atoms with Gasteiger partial charge in [-0.25, -0.2) is 87.8 Å². The molecule has 0 aliphatic heterocycles. The fourth-order valence-electron chi connectivity index (χ4n) is 8.11. The molecule has 0 N–H and O–H groups in total. The Hall–Kier alpha value is -6.13. The number of hydrogen-bond acceptors (Lipinski definition) is 1. The van der Waals surface area contributed by atoms with Crippen molar-refractivity contribution in [3.05, 3.63) is 182 Å². The van der Waals surface area contributed by atoms with Crippen LogP contribution in [0.25, 0.3) is 10.2 Å². The summed E-state index contributed by atoms with van der Waals surface area (Å²) in [6.45, 7) is 3.24. The average molecular weight is 1020 g/mol. The summed E-state index contributed by atoms with van der Waals surface area (Å²) in [6, 6.07) is 17.8. The molecule has 0 aliphatic carbocycles. The summed E-state index contributed by atoms with van der Waals surface area (Å²) in [6.07, 6.45) is 2.19. The van der Waals surface area contributed by atoms with Crippen molar-refractivity contribution in [2.75, 3.05) is 0 Å². The van der Waals surface area contributed by atoms with E-state index in [-0.39, 0.29) is 0 Å². The monoisotopic (exact) mass is 1020 g/mol. The molecule has 6 aromatic carbocycles. The Morgan fingerprint density at radius 3 is 1.07 bits per heavy atom. The average Bonchev–Trinajstić information content (AvgIpc) is 3.74. The predicted octanol–water partition coefficient (Wildman–Crippen LogP) is 12.0. The Morgan fingerprint density at radius 2 is 0.710 bits per heavy atom. The van der Waals surface area contributed by atoms with E-state index in [9.17, 15) is 52.7 Å². The number of hydrogen-bond donors (Lipinski definition) is 0. The number of nitrogens with zero attached hydrogens (tertiary/aromatic N) is 1. The van der Waals surface area contributed by atoms with Crippen LogP contribution in [0.5, 0.6) is 0 Å². The van der Waals surface area contributed by atoms with Crippen LogP contribution in [-0.2, 0) is 13.0 Å². The lowest BCUT2D eigenvalue weighted by Crippen LogP contribution is -2.81. The molecule has 366 valence electrons. The molecule has 0 unspecified atom stereocenters. The van der Waals surface area contributed by atoms with Crippen LogP contribution in [0.3, 0.4) is 0 Å². The summed E-state index contributed by atoms with van der Waals surface area (Å²) in [5.74, 6) is -71.4. The number of benzene rings is 6. The Balaban J connectivity index is 0.000000273. The van der Waals surface area contributed by atoms with E-state index in [0.717, 1.165) is 6.54 Å². The van der Waals surface area contributed by atoms with Gasteiger partial charge in [-0.1, -0.05) is 86.8 Å². The molecule has 0 spiro atoms. The number of fused-ring (bicyclic) bond motifs is 1. The standard InChI is InChI=1S/C24BF20.C22H28NS/c26-5-1(6(27)14(35)21(42)13(5)34)25(2-7(28)15(36)22(43)16(37)8(2)29,3-9(30)17(38)23(44)18(39)10(3)31)4-11(32)19(40)24(45)20(41)12(4)33;1-2-3-4-5-6-8-11-19-14-15-22-21(16-19)23(18-24-22)17-20-12-9-7-10-13-20/h;7,9-10,12-16,18H,2-6,8,11,17H2,1H3/q-1;+1. The summed E-state index contributed by atoms with van der Waals surface area (Å²) in [5, 5.41) is 0. The highest BCUT2D eigenvalue weighted by molar-refractivity contribution is 7.20. The van der Waals surface area contributed by atoms with Crippen LogP contribution < -0.4 is 26.4 Å². The predicted molar refractivity (Wildman–Crippen MR) is 214 cm³/mol. The van der Waals surface area contributed by atoms with Crippen LogP contribution in [0, 0.1) is 116 Å². The Kier molecular flexibility index (Phi) is 15.8. The summed E-state index contributed by atoms with van der Waals surface area (Å²) < 4.78 is 298. The van der Waals surface area contributed by atoms with Crippen LogP contribution in [0.4, 0.5) is 87.8 Å². The van der Waals surface area contributed by atoms with Gasteiger partial charge in [-0.3, -0.25) is 0 Å². The molecule has 0 bridgehead atoms. The maximum Gasteiger partial charge on any atom is 0.226 e. The fourth-order valence-corrected chi connectivity index (χ4v) is 8.98. The maximum atomic E-state index is 15.4. The normalized spacial score (nSPS) is 11.7. The number of rotatable bonds is 13. The molecular weight excluding hydrogens is 989 g/mol. The van der Waals surface area contributed by atoms with Gasteiger partial charge >= 0.3 is 0 Å². The van der Waals surface area contributed by atoms with Crippen molar-refractivity contribution in [3.63, 3.8) is 0 Å². The maximum absolute atomic E-state index is 15.4. The molecule has 69 heavy (non-hydrogen) atoms. The van der Waals surface area contributed by atoms with E-state index in [1.54, 1.807) is 0 Å². The van der Waals surface area contributed by atoms with Crippen molar-refractivity contribution in [2.45, 2.75) is 58.4 Å².